The van der Waals surface area contributed by atoms with Crippen molar-refractivity contribution in [1.82, 2.24) is 40.4 Å². The zero-order valence-corrected chi connectivity index (χ0v) is 42.6. The van der Waals surface area contributed by atoms with Crippen molar-refractivity contribution in [2.24, 2.45) is 0 Å². The van der Waals surface area contributed by atoms with E-state index in [1.807, 2.05) is 20.8 Å². The Balaban J connectivity index is 0.00000184. The van der Waals surface area contributed by atoms with Crippen molar-refractivity contribution in [2.75, 3.05) is 93.3 Å². The van der Waals surface area contributed by atoms with Crippen LogP contribution in [0.15, 0.2) is 0 Å². The summed E-state index contributed by atoms with van der Waals surface area (Å²) in [5.41, 5.74) is -1.11. The summed E-state index contributed by atoms with van der Waals surface area (Å²) in [7, 11) is 5.17. The zero-order chi connectivity index (χ0) is 49.3. The first kappa shape index (κ1) is 61.4. The maximum absolute atomic E-state index is 13.4. The molecule has 0 bridgehead atoms. The molecule has 0 spiro atoms. The van der Waals surface area contributed by atoms with Crippen LogP contribution >= 0.6 is 0 Å². The summed E-state index contributed by atoms with van der Waals surface area (Å²) in [4.78, 5) is 80.1. The van der Waals surface area contributed by atoms with E-state index >= 15 is 0 Å². The number of unbranched alkanes of at least 4 members (excludes halogenated alkanes) is 9. The lowest BCUT2D eigenvalue weighted by molar-refractivity contribution is -0.116. The van der Waals surface area contributed by atoms with Crippen molar-refractivity contribution in [3.05, 3.63) is 0 Å². The van der Waals surface area contributed by atoms with Gasteiger partial charge in [0.05, 0.1) is 24.4 Å². The maximum Gasteiger partial charge on any atom is 0.407 e. The molecule has 3 N–H and O–H groups in total. The van der Waals surface area contributed by atoms with Gasteiger partial charge in [0.1, 0.15) is 5.60 Å². The predicted octanol–water partition coefficient (Wildman–Crippen LogP) is 5.86. The normalized spacial score (nSPS) is 18.2. The number of imide groups is 2. The first-order valence-corrected chi connectivity index (χ1v) is 24.0. The summed E-state index contributed by atoms with van der Waals surface area (Å²) in [5.74, 6) is 0. The lowest BCUT2D eigenvalue weighted by Crippen LogP contribution is -2.51. The molecule has 380 valence electrons. The summed E-state index contributed by atoms with van der Waals surface area (Å²) in [6.45, 7) is 25.5. The van der Waals surface area contributed by atoms with E-state index in [-0.39, 0.29) is 25.3 Å². The highest BCUT2D eigenvalue weighted by Gasteiger charge is 2.31. The molecule has 2 aliphatic heterocycles. The number of carbonyl (C=O) groups excluding carboxylic acids is 6. The molecular formula is C47H92N8O10. The van der Waals surface area contributed by atoms with Crippen LogP contribution in [-0.2, 0) is 33.3 Å². The van der Waals surface area contributed by atoms with Crippen LogP contribution in [0.2, 0.25) is 0 Å². The molecular weight excluding hydrogens is 837 g/mol. The van der Waals surface area contributed by atoms with Gasteiger partial charge in [0.15, 0.2) is 0 Å². The Kier molecular flexibility index (Phi) is 33.6. The molecule has 0 aromatic heterocycles. The first-order chi connectivity index (χ1) is 30.7. The first-order valence-electron chi connectivity index (χ1n) is 24.0. The largest absolute Gasteiger partial charge is 0.441 e. The van der Waals surface area contributed by atoms with Gasteiger partial charge in [0, 0.05) is 98.8 Å². The summed E-state index contributed by atoms with van der Waals surface area (Å²) in [6, 6.07) is 0.527. The second-order valence-electron chi connectivity index (χ2n) is 19.0. The Morgan fingerprint density at radius 2 is 1.09 bits per heavy atom. The van der Waals surface area contributed by atoms with Crippen molar-refractivity contribution in [3.63, 3.8) is 0 Å². The Labute approximate surface area is 392 Å². The van der Waals surface area contributed by atoms with Gasteiger partial charge in [-0.3, -0.25) is 29.1 Å². The van der Waals surface area contributed by atoms with E-state index in [4.69, 9.17) is 18.9 Å². The summed E-state index contributed by atoms with van der Waals surface area (Å²) in [5, 5.41) is 8.00. The molecule has 8 amide bonds. The average molecular weight is 929 g/mol. The molecule has 0 radical (unpaired) electrons. The van der Waals surface area contributed by atoms with Gasteiger partial charge in [0.2, 0.25) is 19.2 Å². The Morgan fingerprint density at radius 1 is 0.662 bits per heavy atom. The van der Waals surface area contributed by atoms with Crippen molar-refractivity contribution >= 4 is 37.4 Å². The molecule has 18 nitrogen and oxygen atoms in total. The Hall–Kier alpha value is -3.58. The van der Waals surface area contributed by atoms with E-state index in [1.165, 1.54) is 18.0 Å². The van der Waals surface area contributed by atoms with E-state index in [2.05, 4.69) is 53.4 Å². The number of urea groups is 2. The van der Waals surface area contributed by atoms with Crippen LogP contribution < -0.4 is 16.0 Å². The molecule has 2 fully saturated rings. The fourth-order valence-electron chi connectivity index (χ4n) is 6.38. The average Bonchev–Trinajstić information content (AvgIpc) is 4.16. The van der Waals surface area contributed by atoms with Crippen LogP contribution in [0, 0.1) is 0 Å². The molecule has 6 unspecified atom stereocenters. The Morgan fingerprint density at radius 3 is 1.51 bits per heavy atom. The minimum Gasteiger partial charge on any atom is -0.441 e. The third-order valence-corrected chi connectivity index (χ3v) is 10.9. The summed E-state index contributed by atoms with van der Waals surface area (Å²) in [6.07, 6.45) is 11.2. The van der Waals surface area contributed by atoms with E-state index < -0.39 is 23.8 Å². The lowest BCUT2D eigenvalue weighted by atomic mass is 10.1. The minimum atomic E-state index is -0.772. The smallest absolute Gasteiger partial charge is 0.407 e. The third kappa shape index (κ3) is 33.5. The van der Waals surface area contributed by atoms with Gasteiger partial charge in [-0.2, -0.15) is 0 Å². The highest BCUT2D eigenvalue weighted by Crippen LogP contribution is 2.18. The van der Waals surface area contributed by atoms with Gasteiger partial charge in [-0.15, -0.1) is 0 Å². The topological polar surface area (TPSA) is 191 Å². The number of hydrogen-bond acceptors (Lipinski definition) is 12. The molecule has 0 aromatic rings. The molecule has 0 saturated carbocycles. The standard InChI is InChI=1S/C33H62N6O8.2C7H15NO/c1-32(2,3)46-25-33(4,5)47-29(43)36-21-15-9-12-18-24-39(30(44)37(6)22-16-10-7-13-19-34-26-40)31(45)38(28-42)23-17-11-8-14-20-35-27-41;2*1-6-4-8(6)5-7(2)9-3/h26-28H,7-25H2,1-6H3,(H,34,40)(H,35,41)(H,36,43);2*6-7H,4-5H2,1-3H3. The molecule has 0 aliphatic carbocycles. The van der Waals surface area contributed by atoms with Crippen molar-refractivity contribution in [1.29, 1.82) is 0 Å². The minimum absolute atomic E-state index is 0.165. The molecule has 2 rings (SSSR count). The van der Waals surface area contributed by atoms with Crippen LogP contribution in [0.25, 0.3) is 0 Å². The van der Waals surface area contributed by atoms with Crippen LogP contribution in [0.4, 0.5) is 14.4 Å². The van der Waals surface area contributed by atoms with E-state index in [1.54, 1.807) is 35.1 Å². The molecule has 18 heteroatoms. The second-order valence-corrected chi connectivity index (χ2v) is 19.0. The molecule has 2 aliphatic rings. The highest BCUT2D eigenvalue weighted by atomic mass is 16.6. The molecule has 2 heterocycles. The van der Waals surface area contributed by atoms with Crippen LogP contribution in [-0.4, -0.2) is 191 Å². The van der Waals surface area contributed by atoms with Crippen LogP contribution in [0.5, 0.6) is 0 Å². The Bertz CT molecular complexity index is 1280. The summed E-state index contributed by atoms with van der Waals surface area (Å²) < 4.78 is 21.4. The number of nitrogens with zero attached hydrogens (tertiary/aromatic N) is 5. The second kappa shape index (κ2) is 35.6. The number of amides is 8. The number of rotatable bonds is 33. The predicted molar refractivity (Wildman–Crippen MR) is 256 cm³/mol. The van der Waals surface area contributed by atoms with Crippen molar-refractivity contribution in [2.45, 2.75) is 175 Å². The van der Waals surface area contributed by atoms with Gasteiger partial charge < -0.3 is 39.8 Å². The number of alkyl carbamates (subject to hydrolysis) is 1. The third-order valence-electron chi connectivity index (χ3n) is 10.9. The van der Waals surface area contributed by atoms with E-state index in [0.717, 1.165) is 86.3 Å². The summed E-state index contributed by atoms with van der Waals surface area (Å²) >= 11 is 0. The van der Waals surface area contributed by atoms with E-state index in [0.29, 0.717) is 83.3 Å². The number of methoxy groups -OCH3 is 2. The van der Waals surface area contributed by atoms with Crippen molar-refractivity contribution in [3.8, 4) is 0 Å². The van der Waals surface area contributed by atoms with Gasteiger partial charge in [-0.1, -0.05) is 38.5 Å². The number of carbonyl (C=O) groups is 6. The van der Waals surface area contributed by atoms with Gasteiger partial charge in [-0.25, -0.2) is 19.3 Å². The fourth-order valence-corrected chi connectivity index (χ4v) is 6.38. The van der Waals surface area contributed by atoms with Crippen LogP contribution in [0.3, 0.4) is 0 Å². The van der Waals surface area contributed by atoms with Gasteiger partial charge in [0.25, 0.3) is 0 Å². The van der Waals surface area contributed by atoms with E-state index in [9.17, 15) is 28.8 Å². The number of ether oxygens (including phenoxy) is 4. The highest BCUT2D eigenvalue weighted by molar-refractivity contribution is 5.97. The van der Waals surface area contributed by atoms with Crippen LogP contribution in [0.1, 0.15) is 139 Å². The number of nitrogens with one attached hydrogen (secondary N) is 3. The fraction of sp³-hybridized carbons (Fsp3) is 0.872. The van der Waals surface area contributed by atoms with Gasteiger partial charge in [-0.05, 0) is 101 Å². The monoisotopic (exact) mass is 929 g/mol. The molecule has 0 aromatic carbocycles. The molecule has 2 saturated heterocycles. The lowest BCUT2D eigenvalue weighted by Gasteiger charge is -2.30. The van der Waals surface area contributed by atoms with Gasteiger partial charge >= 0.3 is 18.2 Å². The van der Waals surface area contributed by atoms with Crippen molar-refractivity contribution < 1.29 is 47.7 Å². The molecule has 65 heavy (non-hydrogen) atoms. The maximum atomic E-state index is 13.4. The number of hydrogen-bond donors (Lipinski definition) is 3. The SMILES string of the molecule is CN(CCCCCCNC=O)C(=O)N(CCCCCCNC(=O)OC(C)(C)COC(C)(C)C)C(=O)N(C=O)CCCCCCNC=O.COC(C)CN1CC1C.COC(C)CN1CC1C. The zero-order valence-electron chi connectivity index (χ0n) is 42.6. The molecule has 6 atom stereocenters. The quantitative estimate of drug-likeness (QED) is 0.0404.